The average molecular weight is 429 g/mol. The van der Waals surface area contributed by atoms with Crippen molar-refractivity contribution in [2.45, 2.75) is 118 Å². The van der Waals surface area contributed by atoms with Gasteiger partial charge in [0.15, 0.2) is 0 Å². The molecule has 0 saturated heterocycles. The molecule has 0 unspecified atom stereocenters. The first-order chi connectivity index (χ1) is 14.3. The van der Waals surface area contributed by atoms with Crippen molar-refractivity contribution in [3.8, 4) is 0 Å². The average Bonchev–Trinajstić information content (AvgIpc) is 2.69. The van der Waals surface area contributed by atoms with E-state index < -0.39 is 5.60 Å². The van der Waals surface area contributed by atoms with E-state index >= 15 is 0 Å². The third kappa shape index (κ3) is 2.64. The van der Waals surface area contributed by atoms with Gasteiger partial charge in [0.25, 0.3) is 0 Å². The summed E-state index contributed by atoms with van der Waals surface area (Å²) in [4.78, 5) is 0. The minimum Gasteiger partial charge on any atom is -0.393 e. The molecule has 5 aliphatic rings. The molecule has 31 heavy (non-hydrogen) atoms. The van der Waals surface area contributed by atoms with E-state index in [-0.39, 0.29) is 16.9 Å². The quantitative estimate of drug-likeness (QED) is 0.419. The summed E-state index contributed by atoms with van der Waals surface area (Å²) < 4.78 is 0. The van der Waals surface area contributed by atoms with Gasteiger partial charge in [0, 0.05) is 5.92 Å². The lowest BCUT2D eigenvalue weighted by atomic mass is 9.34. The maximum absolute atomic E-state index is 11.8. The summed E-state index contributed by atoms with van der Waals surface area (Å²) in [5.74, 6) is 2.91. The molecule has 0 aliphatic heterocycles. The Hall–Kier alpha value is -0.340. The lowest BCUT2D eigenvalue weighted by Crippen LogP contribution is -2.65. The fourth-order valence-corrected chi connectivity index (χ4v) is 10.5. The Morgan fingerprint density at radius 3 is 2.26 bits per heavy atom. The molecule has 0 heterocycles. The summed E-state index contributed by atoms with van der Waals surface area (Å²) in [7, 11) is 0. The Kier molecular flexibility index (Phi) is 4.80. The molecule has 0 spiro atoms. The van der Waals surface area contributed by atoms with E-state index in [1.165, 1.54) is 32.1 Å². The van der Waals surface area contributed by atoms with Crippen LogP contribution in [-0.4, -0.2) is 21.9 Å². The topological polar surface area (TPSA) is 40.5 Å². The maximum atomic E-state index is 11.8. The molecule has 0 radical (unpaired) electrons. The third-order valence-corrected chi connectivity index (χ3v) is 12.9. The van der Waals surface area contributed by atoms with E-state index in [2.05, 4.69) is 54.5 Å². The standard InChI is InChI=1S/C29H48O2/c1-18-10-15-29(31)17-16-27(6)20(24(29)19(18)2)8-9-22-26(5)13-12-23(30)25(3,4)21(26)11-14-28(22,27)7/h8,18-19,21-24,30-31H,9-17H2,1-7H3/t18-,19+,21-,22-,23+,24-,26+,27-,28-,29+/m1/s1. The van der Waals surface area contributed by atoms with Crippen molar-refractivity contribution in [2.24, 2.45) is 51.2 Å². The first-order valence-corrected chi connectivity index (χ1v) is 13.4. The number of hydrogen-bond acceptors (Lipinski definition) is 2. The number of aliphatic hydroxyl groups is 2. The van der Waals surface area contributed by atoms with Gasteiger partial charge in [-0.05, 0) is 103 Å². The molecule has 0 aromatic rings. The number of aliphatic hydroxyl groups excluding tert-OH is 1. The molecule has 0 amide bonds. The van der Waals surface area contributed by atoms with Crippen molar-refractivity contribution >= 4 is 0 Å². The van der Waals surface area contributed by atoms with E-state index in [0.717, 1.165) is 25.7 Å². The van der Waals surface area contributed by atoms with Gasteiger partial charge >= 0.3 is 0 Å². The number of allylic oxidation sites excluding steroid dienone is 1. The molecule has 2 N–H and O–H groups in total. The predicted octanol–water partition coefficient (Wildman–Crippen LogP) is 6.75. The van der Waals surface area contributed by atoms with E-state index in [1.54, 1.807) is 5.57 Å². The van der Waals surface area contributed by atoms with Gasteiger partial charge in [-0.2, -0.15) is 0 Å². The second kappa shape index (κ2) is 6.62. The largest absolute Gasteiger partial charge is 0.393 e. The Bertz CT molecular complexity index is 784. The van der Waals surface area contributed by atoms with Gasteiger partial charge in [-0.25, -0.2) is 0 Å². The first kappa shape index (κ1) is 22.5. The molecular formula is C29H48O2. The second-order valence-corrected chi connectivity index (χ2v) is 14.1. The van der Waals surface area contributed by atoms with E-state index in [0.29, 0.717) is 40.4 Å². The van der Waals surface area contributed by atoms with Crippen molar-refractivity contribution in [3.63, 3.8) is 0 Å². The van der Waals surface area contributed by atoms with Crippen molar-refractivity contribution in [2.75, 3.05) is 0 Å². The molecule has 0 aromatic carbocycles. The van der Waals surface area contributed by atoms with Crippen LogP contribution >= 0.6 is 0 Å². The monoisotopic (exact) mass is 428 g/mol. The highest BCUT2D eigenvalue weighted by molar-refractivity contribution is 5.34. The lowest BCUT2D eigenvalue weighted by Gasteiger charge is -2.71. The van der Waals surface area contributed by atoms with Gasteiger partial charge in [-0.1, -0.05) is 60.1 Å². The van der Waals surface area contributed by atoms with E-state index in [4.69, 9.17) is 0 Å². The highest BCUT2D eigenvalue weighted by Gasteiger charge is 2.68. The molecule has 0 bridgehead atoms. The van der Waals surface area contributed by atoms with E-state index in [1.807, 2.05) is 0 Å². The molecule has 10 atom stereocenters. The smallest absolute Gasteiger partial charge is 0.0716 e. The minimum absolute atomic E-state index is 0.0133. The molecule has 5 aliphatic carbocycles. The molecule has 176 valence electrons. The van der Waals surface area contributed by atoms with Crippen LogP contribution in [0.4, 0.5) is 0 Å². The van der Waals surface area contributed by atoms with Crippen LogP contribution in [0.2, 0.25) is 0 Å². The van der Waals surface area contributed by atoms with Crippen LogP contribution in [0.1, 0.15) is 106 Å². The van der Waals surface area contributed by atoms with Crippen molar-refractivity contribution in [1.29, 1.82) is 0 Å². The van der Waals surface area contributed by atoms with Gasteiger partial charge in [0.2, 0.25) is 0 Å². The summed E-state index contributed by atoms with van der Waals surface area (Å²) >= 11 is 0. The van der Waals surface area contributed by atoms with Crippen LogP contribution in [0, 0.1) is 51.2 Å². The molecule has 4 fully saturated rings. The van der Waals surface area contributed by atoms with Crippen LogP contribution in [0.15, 0.2) is 11.6 Å². The van der Waals surface area contributed by atoms with Crippen LogP contribution in [-0.2, 0) is 0 Å². The maximum Gasteiger partial charge on any atom is 0.0716 e. The second-order valence-electron chi connectivity index (χ2n) is 14.1. The predicted molar refractivity (Wildman–Crippen MR) is 127 cm³/mol. The fourth-order valence-electron chi connectivity index (χ4n) is 10.5. The lowest BCUT2D eigenvalue weighted by molar-refractivity contribution is -0.209. The Morgan fingerprint density at radius 1 is 0.839 bits per heavy atom. The van der Waals surface area contributed by atoms with E-state index in [9.17, 15) is 10.2 Å². The van der Waals surface area contributed by atoms with Gasteiger partial charge in [0.05, 0.1) is 11.7 Å². The summed E-state index contributed by atoms with van der Waals surface area (Å²) in [5.41, 5.74) is 1.98. The van der Waals surface area contributed by atoms with Crippen molar-refractivity contribution < 1.29 is 10.2 Å². The summed E-state index contributed by atoms with van der Waals surface area (Å²) in [6, 6.07) is 0. The number of fused-ring (bicyclic) bond motifs is 7. The van der Waals surface area contributed by atoms with Crippen LogP contribution in [0.3, 0.4) is 0 Å². The summed E-state index contributed by atoms with van der Waals surface area (Å²) in [6.45, 7) is 17.3. The Labute approximate surface area is 191 Å². The third-order valence-electron chi connectivity index (χ3n) is 12.9. The zero-order valence-electron chi connectivity index (χ0n) is 21.3. The number of hydrogen-bond donors (Lipinski definition) is 2. The summed E-state index contributed by atoms with van der Waals surface area (Å²) in [6.07, 6.45) is 12.6. The molecule has 2 nitrogen and oxygen atoms in total. The van der Waals surface area contributed by atoms with Gasteiger partial charge in [0.1, 0.15) is 0 Å². The van der Waals surface area contributed by atoms with Crippen molar-refractivity contribution in [1.82, 2.24) is 0 Å². The molecule has 5 rings (SSSR count). The molecule has 4 saturated carbocycles. The Morgan fingerprint density at radius 2 is 1.55 bits per heavy atom. The SMILES string of the molecule is C[C@H]1[C@H](C)CC[C@]2(O)CC[C@]3(C)C(=CC[C@@H]4[C@@]5(C)CC[C@H](O)C(C)(C)[C@H]5CC[C@]43C)[C@@H]12. The number of rotatable bonds is 0. The molecule has 0 aromatic heterocycles. The van der Waals surface area contributed by atoms with Gasteiger partial charge in [-0.3, -0.25) is 0 Å². The zero-order chi connectivity index (χ0) is 22.6. The first-order valence-electron chi connectivity index (χ1n) is 13.4. The van der Waals surface area contributed by atoms with Gasteiger partial charge < -0.3 is 10.2 Å². The van der Waals surface area contributed by atoms with Crippen LogP contribution in [0.25, 0.3) is 0 Å². The highest BCUT2D eigenvalue weighted by atomic mass is 16.3. The zero-order valence-corrected chi connectivity index (χ0v) is 21.3. The minimum atomic E-state index is -0.474. The summed E-state index contributed by atoms with van der Waals surface area (Å²) in [5, 5.41) is 22.6. The Balaban J connectivity index is 1.59. The van der Waals surface area contributed by atoms with Crippen LogP contribution < -0.4 is 0 Å². The van der Waals surface area contributed by atoms with Crippen molar-refractivity contribution in [3.05, 3.63) is 11.6 Å². The van der Waals surface area contributed by atoms with Gasteiger partial charge in [-0.15, -0.1) is 0 Å². The normalized spacial score (nSPS) is 58.3. The van der Waals surface area contributed by atoms with Crippen LogP contribution in [0.5, 0.6) is 0 Å². The molecular weight excluding hydrogens is 380 g/mol. The fraction of sp³-hybridized carbons (Fsp3) is 0.931. The highest BCUT2D eigenvalue weighted by Crippen LogP contribution is 2.74. The molecule has 2 heteroatoms.